The number of hydrogen-bond donors (Lipinski definition) is 1. The van der Waals surface area contributed by atoms with Crippen LogP contribution in [-0.2, 0) is 0 Å². The van der Waals surface area contributed by atoms with Gasteiger partial charge in [-0.3, -0.25) is 0 Å². The van der Waals surface area contributed by atoms with E-state index in [1.54, 1.807) is 0 Å². The Hall–Kier alpha value is -0.860. The molecule has 1 saturated carbocycles. The maximum atomic E-state index is 6.46. The van der Waals surface area contributed by atoms with E-state index in [4.69, 9.17) is 5.73 Å². The van der Waals surface area contributed by atoms with Gasteiger partial charge in [0.1, 0.15) is 0 Å². The van der Waals surface area contributed by atoms with Gasteiger partial charge in [0, 0.05) is 12.1 Å². The average molecular weight is 258 g/mol. The molecule has 3 rings (SSSR count). The van der Waals surface area contributed by atoms with E-state index in [9.17, 15) is 0 Å². The van der Waals surface area contributed by atoms with Crippen molar-refractivity contribution in [1.29, 1.82) is 0 Å². The molecule has 0 radical (unpaired) electrons. The summed E-state index contributed by atoms with van der Waals surface area (Å²) in [5.74, 6) is 0.735. The number of benzene rings is 1. The first-order valence-electron chi connectivity index (χ1n) is 7.81. The summed E-state index contributed by atoms with van der Waals surface area (Å²) in [6, 6.07) is 11.0. The smallest absolute Gasteiger partial charge is 0.0166 e. The average Bonchev–Trinajstić information content (AvgIpc) is 3.07. The predicted octanol–water partition coefficient (Wildman–Crippen LogP) is 3.14. The predicted molar refractivity (Wildman–Crippen MR) is 80.2 cm³/mol. The monoisotopic (exact) mass is 258 g/mol. The van der Waals surface area contributed by atoms with Gasteiger partial charge in [0.2, 0.25) is 0 Å². The van der Waals surface area contributed by atoms with Gasteiger partial charge in [-0.1, -0.05) is 43.2 Å². The molecule has 1 aromatic rings. The number of nitrogens with zero attached hydrogens (tertiary/aromatic N) is 1. The van der Waals surface area contributed by atoms with Gasteiger partial charge in [0.15, 0.2) is 0 Å². The lowest BCUT2D eigenvalue weighted by Crippen LogP contribution is -2.40. The molecule has 1 aromatic carbocycles. The molecule has 2 heteroatoms. The van der Waals surface area contributed by atoms with Crippen molar-refractivity contribution < 1.29 is 0 Å². The Bertz CT molecular complexity index is 395. The Morgan fingerprint density at radius 3 is 2.63 bits per heavy atom. The Morgan fingerprint density at radius 1 is 1.16 bits per heavy atom. The molecule has 104 valence electrons. The first-order chi connectivity index (χ1) is 9.25. The van der Waals surface area contributed by atoms with Crippen LogP contribution in [0.2, 0.25) is 0 Å². The second kappa shape index (κ2) is 5.64. The molecule has 1 atom stereocenters. The fourth-order valence-electron chi connectivity index (χ4n) is 3.74. The molecule has 2 aliphatic rings. The van der Waals surface area contributed by atoms with Gasteiger partial charge in [0.05, 0.1) is 0 Å². The second-order valence-corrected chi connectivity index (χ2v) is 6.52. The lowest BCUT2D eigenvalue weighted by atomic mass is 9.94. The molecule has 0 aromatic heterocycles. The molecule has 1 aliphatic carbocycles. The van der Waals surface area contributed by atoms with E-state index in [0.29, 0.717) is 0 Å². The van der Waals surface area contributed by atoms with E-state index in [2.05, 4.69) is 35.2 Å². The highest BCUT2D eigenvalue weighted by Crippen LogP contribution is 2.32. The van der Waals surface area contributed by atoms with Crippen LogP contribution in [0.5, 0.6) is 0 Å². The van der Waals surface area contributed by atoms with E-state index in [0.717, 1.165) is 5.92 Å². The van der Waals surface area contributed by atoms with Crippen molar-refractivity contribution in [3.8, 4) is 0 Å². The highest BCUT2D eigenvalue weighted by molar-refractivity contribution is 5.21. The van der Waals surface area contributed by atoms with E-state index < -0.39 is 0 Å². The van der Waals surface area contributed by atoms with Gasteiger partial charge in [-0.25, -0.2) is 0 Å². The van der Waals surface area contributed by atoms with Crippen molar-refractivity contribution in [3.63, 3.8) is 0 Å². The largest absolute Gasteiger partial charge is 0.325 e. The summed E-state index contributed by atoms with van der Waals surface area (Å²) in [6.07, 6.45) is 7.65. The molecular weight excluding hydrogens is 232 g/mol. The van der Waals surface area contributed by atoms with E-state index >= 15 is 0 Å². The van der Waals surface area contributed by atoms with Gasteiger partial charge < -0.3 is 10.6 Å². The molecule has 2 nitrogen and oxygen atoms in total. The highest BCUT2D eigenvalue weighted by atomic mass is 15.1. The third-order valence-electron chi connectivity index (χ3n) is 5.07. The third kappa shape index (κ3) is 3.18. The van der Waals surface area contributed by atoms with E-state index in [-0.39, 0.29) is 5.54 Å². The lowest BCUT2D eigenvalue weighted by Gasteiger charge is -2.26. The van der Waals surface area contributed by atoms with Crippen LogP contribution in [0.4, 0.5) is 0 Å². The van der Waals surface area contributed by atoms with Gasteiger partial charge in [-0.15, -0.1) is 0 Å². The molecular formula is C17H26N2. The van der Waals surface area contributed by atoms with Crippen LogP contribution in [0.1, 0.15) is 50.0 Å². The van der Waals surface area contributed by atoms with Crippen molar-refractivity contribution in [2.24, 2.45) is 5.73 Å². The van der Waals surface area contributed by atoms with Crippen LogP contribution in [0, 0.1) is 0 Å². The van der Waals surface area contributed by atoms with Crippen LogP contribution >= 0.6 is 0 Å². The summed E-state index contributed by atoms with van der Waals surface area (Å²) in [5.41, 5.74) is 8.12. The van der Waals surface area contributed by atoms with E-state index in [1.165, 1.54) is 63.7 Å². The topological polar surface area (TPSA) is 29.3 Å². The fourth-order valence-corrected chi connectivity index (χ4v) is 3.74. The third-order valence-corrected chi connectivity index (χ3v) is 5.07. The van der Waals surface area contributed by atoms with E-state index in [1.807, 2.05) is 0 Å². The van der Waals surface area contributed by atoms with Crippen molar-refractivity contribution in [2.45, 2.75) is 50.0 Å². The first-order valence-corrected chi connectivity index (χ1v) is 7.81. The summed E-state index contributed by atoms with van der Waals surface area (Å²) in [6.45, 7) is 3.66. The minimum Gasteiger partial charge on any atom is -0.325 e. The lowest BCUT2D eigenvalue weighted by molar-refractivity contribution is 0.278. The summed E-state index contributed by atoms with van der Waals surface area (Å²) in [5, 5.41) is 0. The van der Waals surface area contributed by atoms with Crippen LogP contribution in [0.15, 0.2) is 30.3 Å². The Kier molecular flexibility index (Phi) is 3.90. The van der Waals surface area contributed by atoms with Gasteiger partial charge in [-0.05, 0) is 50.3 Å². The first kappa shape index (κ1) is 13.1. The SMILES string of the molecule is NC1(CCN2CCC(c3ccccc3)C2)CCCC1. The molecule has 19 heavy (non-hydrogen) atoms. The minimum atomic E-state index is 0.158. The molecule has 2 N–H and O–H groups in total. The number of nitrogens with two attached hydrogens (primary N) is 1. The van der Waals surface area contributed by atoms with Crippen LogP contribution < -0.4 is 5.73 Å². The minimum absolute atomic E-state index is 0.158. The molecule has 2 fully saturated rings. The quantitative estimate of drug-likeness (QED) is 0.899. The zero-order chi connectivity index (χ0) is 13.1. The molecule has 0 bridgehead atoms. The maximum absolute atomic E-state index is 6.46. The molecule has 0 spiro atoms. The number of hydrogen-bond acceptors (Lipinski definition) is 2. The van der Waals surface area contributed by atoms with Crippen LogP contribution in [-0.4, -0.2) is 30.1 Å². The molecule has 1 heterocycles. The normalized spacial score (nSPS) is 26.9. The summed E-state index contributed by atoms with van der Waals surface area (Å²) >= 11 is 0. The molecule has 1 aliphatic heterocycles. The second-order valence-electron chi connectivity index (χ2n) is 6.52. The van der Waals surface area contributed by atoms with Crippen molar-refractivity contribution in [1.82, 2.24) is 4.90 Å². The Morgan fingerprint density at radius 2 is 1.89 bits per heavy atom. The summed E-state index contributed by atoms with van der Waals surface area (Å²) in [4.78, 5) is 2.62. The molecule has 1 saturated heterocycles. The number of likely N-dealkylation sites (tertiary alicyclic amines) is 1. The van der Waals surface area contributed by atoms with Crippen molar-refractivity contribution >= 4 is 0 Å². The highest BCUT2D eigenvalue weighted by Gasteiger charge is 2.31. The Balaban J connectivity index is 1.49. The van der Waals surface area contributed by atoms with Crippen molar-refractivity contribution in [2.75, 3.05) is 19.6 Å². The molecule has 0 amide bonds. The Labute approximate surface area is 117 Å². The van der Waals surface area contributed by atoms with Gasteiger partial charge in [-0.2, -0.15) is 0 Å². The zero-order valence-corrected chi connectivity index (χ0v) is 11.9. The summed E-state index contributed by atoms with van der Waals surface area (Å²) in [7, 11) is 0. The van der Waals surface area contributed by atoms with Crippen LogP contribution in [0.3, 0.4) is 0 Å². The van der Waals surface area contributed by atoms with Crippen LogP contribution in [0.25, 0.3) is 0 Å². The van der Waals surface area contributed by atoms with Crippen molar-refractivity contribution in [3.05, 3.63) is 35.9 Å². The fraction of sp³-hybridized carbons (Fsp3) is 0.647. The van der Waals surface area contributed by atoms with Gasteiger partial charge >= 0.3 is 0 Å². The molecule has 1 unspecified atom stereocenters. The zero-order valence-electron chi connectivity index (χ0n) is 11.9. The standard InChI is InChI=1S/C17H26N2/c18-17(9-4-5-10-17)11-13-19-12-8-16(14-19)15-6-2-1-3-7-15/h1-3,6-7,16H,4-5,8-14,18H2. The number of rotatable bonds is 4. The summed E-state index contributed by atoms with van der Waals surface area (Å²) < 4.78 is 0. The maximum Gasteiger partial charge on any atom is 0.0166 e. The van der Waals surface area contributed by atoms with Gasteiger partial charge in [0.25, 0.3) is 0 Å².